The Morgan fingerprint density at radius 2 is 1.88 bits per heavy atom. The van der Waals surface area contributed by atoms with Crippen molar-refractivity contribution in [3.63, 3.8) is 0 Å². The van der Waals surface area contributed by atoms with Gasteiger partial charge in [0.1, 0.15) is 0 Å². The standard InChI is InChI=1S/C8H15BrF2N2O2S/c9-3-6-13(7-8(10)11)16(14,15)12-4-1-2-5-12/h8H,1-7H2. The minimum Gasteiger partial charge on any atom is -0.209 e. The summed E-state index contributed by atoms with van der Waals surface area (Å²) in [6.45, 7) is 0.211. The zero-order chi connectivity index (χ0) is 12.2. The van der Waals surface area contributed by atoms with E-state index in [4.69, 9.17) is 0 Å². The lowest BCUT2D eigenvalue weighted by Crippen LogP contribution is -2.45. The van der Waals surface area contributed by atoms with Crippen LogP contribution in [0.15, 0.2) is 0 Å². The van der Waals surface area contributed by atoms with Crippen LogP contribution in [0, 0.1) is 0 Å². The van der Waals surface area contributed by atoms with Gasteiger partial charge >= 0.3 is 0 Å². The molecule has 1 rings (SSSR count). The van der Waals surface area contributed by atoms with Crippen molar-refractivity contribution >= 4 is 26.1 Å². The molecule has 8 heteroatoms. The zero-order valence-corrected chi connectivity index (χ0v) is 11.2. The lowest BCUT2D eigenvalue weighted by Gasteiger charge is -2.26. The van der Waals surface area contributed by atoms with Crippen molar-refractivity contribution in [2.24, 2.45) is 0 Å². The molecule has 0 spiro atoms. The van der Waals surface area contributed by atoms with Crippen molar-refractivity contribution in [2.45, 2.75) is 19.3 Å². The monoisotopic (exact) mass is 320 g/mol. The molecule has 0 bridgehead atoms. The molecule has 0 unspecified atom stereocenters. The predicted octanol–water partition coefficient (Wildman–Crippen LogP) is 1.29. The Labute approximate surface area is 103 Å². The van der Waals surface area contributed by atoms with E-state index in [0.29, 0.717) is 18.4 Å². The SMILES string of the molecule is O=S(=O)(N1CCCC1)N(CCBr)CC(F)F. The number of rotatable bonds is 6. The molecule has 1 aliphatic rings. The summed E-state index contributed by atoms with van der Waals surface area (Å²) < 4.78 is 50.6. The molecule has 0 saturated carbocycles. The van der Waals surface area contributed by atoms with Crippen LogP contribution >= 0.6 is 15.9 Å². The lowest BCUT2D eigenvalue weighted by atomic mass is 10.4. The second kappa shape index (κ2) is 6.23. The summed E-state index contributed by atoms with van der Waals surface area (Å²) in [4.78, 5) is 0. The van der Waals surface area contributed by atoms with E-state index in [2.05, 4.69) is 15.9 Å². The van der Waals surface area contributed by atoms with Crippen molar-refractivity contribution in [3.05, 3.63) is 0 Å². The van der Waals surface area contributed by atoms with E-state index < -0.39 is 23.2 Å². The molecular weight excluding hydrogens is 306 g/mol. The fourth-order valence-corrected chi connectivity index (χ4v) is 3.96. The van der Waals surface area contributed by atoms with Gasteiger partial charge in [-0.1, -0.05) is 15.9 Å². The van der Waals surface area contributed by atoms with Gasteiger partial charge in [-0.3, -0.25) is 0 Å². The van der Waals surface area contributed by atoms with Crippen LogP contribution in [0.25, 0.3) is 0 Å². The molecule has 0 atom stereocenters. The maximum Gasteiger partial charge on any atom is 0.282 e. The first-order valence-electron chi connectivity index (χ1n) is 5.08. The van der Waals surface area contributed by atoms with Crippen molar-refractivity contribution in [1.29, 1.82) is 0 Å². The third kappa shape index (κ3) is 3.61. The largest absolute Gasteiger partial charge is 0.282 e. The van der Waals surface area contributed by atoms with Gasteiger partial charge in [-0.15, -0.1) is 0 Å². The van der Waals surface area contributed by atoms with E-state index >= 15 is 0 Å². The molecular formula is C8H15BrF2N2O2S. The van der Waals surface area contributed by atoms with E-state index in [9.17, 15) is 17.2 Å². The van der Waals surface area contributed by atoms with Crippen molar-refractivity contribution < 1.29 is 17.2 Å². The normalized spacial score (nSPS) is 18.8. The van der Waals surface area contributed by atoms with Gasteiger partial charge in [-0.05, 0) is 12.8 Å². The molecule has 1 saturated heterocycles. The Hall–Kier alpha value is 0.210. The van der Waals surface area contributed by atoms with E-state index in [1.807, 2.05) is 0 Å². The summed E-state index contributed by atoms with van der Waals surface area (Å²) in [5.41, 5.74) is 0. The molecule has 4 nitrogen and oxygen atoms in total. The Balaban J connectivity index is 2.74. The topological polar surface area (TPSA) is 40.6 Å². The van der Waals surface area contributed by atoms with E-state index in [1.54, 1.807) is 0 Å². The number of alkyl halides is 3. The number of hydrogen-bond donors (Lipinski definition) is 0. The van der Waals surface area contributed by atoms with Crippen molar-refractivity contribution in [2.75, 3.05) is 31.5 Å². The Kier molecular flexibility index (Phi) is 5.55. The van der Waals surface area contributed by atoms with Crippen LogP contribution in [0.5, 0.6) is 0 Å². The van der Waals surface area contributed by atoms with Crippen LogP contribution in [-0.4, -0.2) is 55.0 Å². The number of nitrogens with zero attached hydrogens (tertiary/aromatic N) is 2. The maximum atomic E-state index is 12.3. The minimum absolute atomic E-state index is 0.0726. The first-order chi connectivity index (χ1) is 7.48. The van der Waals surface area contributed by atoms with Crippen LogP contribution in [0.1, 0.15) is 12.8 Å². The highest BCUT2D eigenvalue weighted by Crippen LogP contribution is 2.17. The van der Waals surface area contributed by atoms with Crippen LogP contribution in [-0.2, 0) is 10.2 Å². The molecule has 0 amide bonds. The zero-order valence-electron chi connectivity index (χ0n) is 8.78. The molecule has 0 aromatic heterocycles. The Morgan fingerprint density at radius 3 is 2.31 bits per heavy atom. The second-order valence-electron chi connectivity index (χ2n) is 3.55. The first kappa shape index (κ1) is 14.3. The van der Waals surface area contributed by atoms with Crippen LogP contribution in [0.3, 0.4) is 0 Å². The van der Waals surface area contributed by atoms with Gasteiger partial charge in [0.25, 0.3) is 16.6 Å². The molecule has 1 fully saturated rings. The summed E-state index contributed by atoms with van der Waals surface area (Å²) >= 11 is 3.07. The molecule has 0 N–H and O–H groups in total. The van der Waals surface area contributed by atoms with Gasteiger partial charge in [0.15, 0.2) is 0 Å². The smallest absolute Gasteiger partial charge is 0.209 e. The van der Waals surface area contributed by atoms with Crippen LogP contribution < -0.4 is 0 Å². The van der Waals surface area contributed by atoms with Gasteiger partial charge in [-0.2, -0.15) is 17.0 Å². The van der Waals surface area contributed by atoms with E-state index in [-0.39, 0.29) is 6.54 Å². The molecule has 96 valence electrons. The maximum absolute atomic E-state index is 12.3. The number of hydrogen-bond acceptors (Lipinski definition) is 2. The third-order valence-corrected chi connectivity index (χ3v) is 4.75. The molecule has 0 aliphatic carbocycles. The van der Waals surface area contributed by atoms with Gasteiger partial charge in [0, 0.05) is 25.0 Å². The van der Waals surface area contributed by atoms with Gasteiger partial charge in [-0.25, -0.2) is 8.78 Å². The number of halogens is 3. The third-order valence-electron chi connectivity index (χ3n) is 2.39. The minimum atomic E-state index is -3.70. The van der Waals surface area contributed by atoms with Crippen LogP contribution in [0.2, 0.25) is 0 Å². The summed E-state index contributed by atoms with van der Waals surface area (Å²) in [7, 11) is -3.70. The predicted molar refractivity (Wildman–Crippen MR) is 61.1 cm³/mol. The first-order valence-corrected chi connectivity index (χ1v) is 7.59. The molecule has 1 heterocycles. The van der Waals surface area contributed by atoms with Gasteiger partial charge < -0.3 is 0 Å². The highest BCUT2D eigenvalue weighted by molar-refractivity contribution is 9.09. The Bertz CT molecular complexity index is 307. The quantitative estimate of drug-likeness (QED) is 0.692. The van der Waals surface area contributed by atoms with Gasteiger partial charge in [0.2, 0.25) is 0 Å². The Morgan fingerprint density at radius 1 is 1.31 bits per heavy atom. The summed E-state index contributed by atoms with van der Waals surface area (Å²) in [6.07, 6.45) is -1.04. The highest BCUT2D eigenvalue weighted by Gasteiger charge is 2.32. The van der Waals surface area contributed by atoms with E-state index in [0.717, 1.165) is 17.1 Å². The van der Waals surface area contributed by atoms with Gasteiger partial charge in [0.05, 0.1) is 6.54 Å². The average molecular weight is 321 g/mol. The molecule has 0 aromatic rings. The fraction of sp³-hybridized carbons (Fsp3) is 1.00. The van der Waals surface area contributed by atoms with E-state index in [1.165, 1.54) is 4.31 Å². The molecule has 16 heavy (non-hydrogen) atoms. The summed E-state index contributed by atoms with van der Waals surface area (Å²) in [5.74, 6) is 0. The average Bonchev–Trinajstić information content (AvgIpc) is 2.69. The van der Waals surface area contributed by atoms with Crippen molar-refractivity contribution in [3.8, 4) is 0 Å². The van der Waals surface area contributed by atoms with Crippen LogP contribution in [0.4, 0.5) is 8.78 Å². The molecule has 0 aromatic carbocycles. The fourth-order valence-electron chi connectivity index (χ4n) is 1.63. The molecule has 0 radical (unpaired) electrons. The van der Waals surface area contributed by atoms with Crippen molar-refractivity contribution in [1.82, 2.24) is 8.61 Å². The highest BCUT2D eigenvalue weighted by atomic mass is 79.9. The molecule has 1 aliphatic heterocycles. The second-order valence-corrected chi connectivity index (χ2v) is 6.27. The summed E-state index contributed by atoms with van der Waals surface area (Å²) in [5, 5.41) is 0.354. The summed E-state index contributed by atoms with van der Waals surface area (Å²) in [6, 6.07) is 0. The lowest BCUT2D eigenvalue weighted by molar-refractivity contribution is 0.119.